The molecule has 3 aliphatic rings. The molecule has 6 heteroatoms. The van der Waals surface area contributed by atoms with Crippen LogP contribution in [0.4, 0.5) is 0 Å². The molecule has 0 fully saturated rings. The molecule has 114 valence electrons. The number of hydrogen-bond donors (Lipinski definition) is 1. The molecule has 1 aromatic carbocycles. The van der Waals surface area contributed by atoms with E-state index in [1.54, 1.807) is 12.1 Å². The van der Waals surface area contributed by atoms with Crippen molar-refractivity contribution in [2.24, 2.45) is 0 Å². The minimum absolute atomic E-state index is 0.0421. The summed E-state index contributed by atoms with van der Waals surface area (Å²) >= 11 is 0. The maximum atomic E-state index is 12.7. The van der Waals surface area contributed by atoms with Crippen molar-refractivity contribution in [3.8, 4) is 0 Å². The number of fused-ring (bicyclic) bond motifs is 2. The Labute approximate surface area is 128 Å². The van der Waals surface area contributed by atoms with Gasteiger partial charge in [0.05, 0.1) is 5.75 Å². The monoisotopic (exact) mass is 317 g/mol. The van der Waals surface area contributed by atoms with Gasteiger partial charge in [0.25, 0.3) is 0 Å². The van der Waals surface area contributed by atoms with Gasteiger partial charge in [-0.25, -0.2) is 8.42 Å². The highest BCUT2D eigenvalue weighted by Gasteiger charge is 2.41. The van der Waals surface area contributed by atoms with Gasteiger partial charge in [0.1, 0.15) is 10.6 Å². The molecule has 0 amide bonds. The van der Waals surface area contributed by atoms with E-state index < -0.39 is 15.6 Å². The van der Waals surface area contributed by atoms with Crippen LogP contribution in [0.1, 0.15) is 44.7 Å². The van der Waals surface area contributed by atoms with Crippen molar-refractivity contribution >= 4 is 21.4 Å². The van der Waals surface area contributed by atoms with E-state index in [9.17, 15) is 18.0 Å². The summed E-state index contributed by atoms with van der Waals surface area (Å²) in [6.07, 6.45) is 3.92. The molecular formula is C16H15NO4S. The van der Waals surface area contributed by atoms with E-state index >= 15 is 0 Å². The molecule has 22 heavy (non-hydrogen) atoms. The molecular weight excluding hydrogens is 302 g/mol. The van der Waals surface area contributed by atoms with E-state index in [4.69, 9.17) is 0 Å². The van der Waals surface area contributed by atoms with E-state index in [0.717, 1.165) is 36.8 Å². The number of carbonyl (C=O) groups excluding carboxylic acids is 2. The standard InChI is InChI=1S/C16H15NO4S/c18-14-11-7-9-3-1-2-4-10(9)8-12(11)15(19)16-13(14)17-5-6-22(16,20)21/h7-8,17H,1-6H2. The molecule has 0 radical (unpaired) electrons. The van der Waals surface area contributed by atoms with Crippen molar-refractivity contribution < 1.29 is 18.0 Å². The molecule has 0 unspecified atom stereocenters. The number of sulfone groups is 1. The van der Waals surface area contributed by atoms with Gasteiger partial charge in [0, 0.05) is 17.7 Å². The Kier molecular flexibility index (Phi) is 2.81. The molecule has 0 saturated heterocycles. The lowest BCUT2D eigenvalue weighted by atomic mass is 9.83. The molecule has 0 saturated carbocycles. The molecule has 1 N–H and O–H groups in total. The summed E-state index contributed by atoms with van der Waals surface area (Å²) in [5.41, 5.74) is 2.72. The summed E-state index contributed by atoms with van der Waals surface area (Å²) in [5, 5.41) is 2.81. The second-order valence-corrected chi connectivity index (χ2v) is 8.03. The summed E-state index contributed by atoms with van der Waals surface area (Å²) < 4.78 is 24.4. The van der Waals surface area contributed by atoms with Gasteiger partial charge < -0.3 is 5.32 Å². The van der Waals surface area contributed by atoms with Crippen LogP contribution in [0, 0.1) is 0 Å². The van der Waals surface area contributed by atoms with Crippen molar-refractivity contribution in [2.45, 2.75) is 25.7 Å². The Morgan fingerprint density at radius 1 is 0.909 bits per heavy atom. The lowest BCUT2D eigenvalue weighted by Gasteiger charge is -2.27. The minimum atomic E-state index is -3.68. The average molecular weight is 317 g/mol. The van der Waals surface area contributed by atoms with Crippen LogP contribution in [0.2, 0.25) is 0 Å². The summed E-state index contributed by atoms with van der Waals surface area (Å²) in [4.78, 5) is 25.0. The van der Waals surface area contributed by atoms with Crippen LogP contribution in [-0.4, -0.2) is 32.3 Å². The van der Waals surface area contributed by atoms with E-state index in [0.29, 0.717) is 5.56 Å². The van der Waals surface area contributed by atoms with Gasteiger partial charge >= 0.3 is 0 Å². The molecule has 5 nitrogen and oxygen atoms in total. The first-order valence-corrected chi connectivity index (χ1v) is 9.10. The number of benzene rings is 1. The Bertz CT molecular complexity index is 864. The molecule has 4 rings (SSSR count). The van der Waals surface area contributed by atoms with Crippen LogP contribution in [0.15, 0.2) is 22.7 Å². The smallest absolute Gasteiger partial charge is 0.211 e. The zero-order chi connectivity index (χ0) is 15.5. The molecule has 1 aromatic rings. The summed E-state index contributed by atoms with van der Waals surface area (Å²) in [5.74, 6) is -1.06. The summed E-state index contributed by atoms with van der Waals surface area (Å²) in [7, 11) is -3.68. The quantitative estimate of drug-likeness (QED) is 0.777. The van der Waals surface area contributed by atoms with Gasteiger partial charge in [0.2, 0.25) is 11.6 Å². The fraction of sp³-hybridized carbons (Fsp3) is 0.375. The Hall–Kier alpha value is -1.95. The molecule has 2 aliphatic carbocycles. The number of Topliss-reactive ketones (excluding diaryl/α,β-unsaturated/α-hetero) is 2. The van der Waals surface area contributed by atoms with Crippen LogP contribution in [0.5, 0.6) is 0 Å². The van der Waals surface area contributed by atoms with Crippen molar-refractivity contribution in [3.63, 3.8) is 0 Å². The van der Waals surface area contributed by atoms with E-state index in [-0.39, 0.29) is 34.2 Å². The SMILES string of the molecule is O=C1C2=C(C(=O)c3cc4c(cc31)CCCC4)S(=O)(=O)CCN2. The Morgan fingerprint density at radius 3 is 2.14 bits per heavy atom. The fourth-order valence-electron chi connectivity index (χ4n) is 3.50. The third-order valence-electron chi connectivity index (χ3n) is 4.62. The van der Waals surface area contributed by atoms with E-state index in [2.05, 4.69) is 5.32 Å². The first kappa shape index (κ1) is 13.7. The summed E-state index contributed by atoms with van der Waals surface area (Å²) in [6, 6.07) is 3.52. The first-order chi connectivity index (χ1) is 10.5. The van der Waals surface area contributed by atoms with Crippen LogP contribution >= 0.6 is 0 Å². The van der Waals surface area contributed by atoms with Gasteiger partial charge in [-0.15, -0.1) is 0 Å². The zero-order valence-electron chi connectivity index (χ0n) is 11.9. The number of hydrogen-bond acceptors (Lipinski definition) is 5. The number of rotatable bonds is 0. The lowest BCUT2D eigenvalue weighted by Crippen LogP contribution is -2.41. The van der Waals surface area contributed by atoms with E-state index in [1.807, 2.05) is 0 Å². The minimum Gasteiger partial charge on any atom is -0.380 e. The third kappa shape index (κ3) is 1.80. The normalized spacial score (nSPS) is 22.5. The topological polar surface area (TPSA) is 80.3 Å². The van der Waals surface area contributed by atoms with Crippen LogP contribution in [-0.2, 0) is 22.7 Å². The highest BCUT2D eigenvalue weighted by atomic mass is 32.2. The van der Waals surface area contributed by atoms with Crippen molar-refractivity contribution in [3.05, 3.63) is 45.0 Å². The third-order valence-corrected chi connectivity index (χ3v) is 6.37. The van der Waals surface area contributed by atoms with Crippen LogP contribution < -0.4 is 5.32 Å². The lowest BCUT2D eigenvalue weighted by molar-refractivity contribution is 0.0973. The second kappa shape index (κ2) is 4.52. The first-order valence-electron chi connectivity index (χ1n) is 7.45. The largest absolute Gasteiger partial charge is 0.380 e. The maximum absolute atomic E-state index is 12.7. The number of ketones is 2. The number of aryl methyl sites for hydroxylation is 2. The van der Waals surface area contributed by atoms with Crippen molar-refractivity contribution in [1.29, 1.82) is 0 Å². The van der Waals surface area contributed by atoms with E-state index in [1.165, 1.54) is 0 Å². The Morgan fingerprint density at radius 2 is 1.50 bits per heavy atom. The predicted octanol–water partition coefficient (Wildman–Crippen LogP) is 1.17. The number of allylic oxidation sites excluding steroid dienone is 2. The number of nitrogens with one attached hydrogen (secondary N) is 1. The van der Waals surface area contributed by atoms with Crippen LogP contribution in [0.25, 0.3) is 0 Å². The highest BCUT2D eigenvalue weighted by molar-refractivity contribution is 7.96. The molecule has 0 bridgehead atoms. The van der Waals surface area contributed by atoms with Gasteiger partial charge in [-0.1, -0.05) is 0 Å². The average Bonchev–Trinajstić information content (AvgIpc) is 2.50. The fourth-order valence-corrected chi connectivity index (χ4v) is 4.95. The molecule has 1 heterocycles. The van der Waals surface area contributed by atoms with Gasteiger partial charge in [0.15, 0.2) is 9.84 Å². The molecule has 0 spiro atoms. The predicted molar refractivity (Wildman–Crippen MR) is 80.6 cm³/mol. The molecule has 0 atom stereocenters. The maximum Gasteiger partial charge on any atom is 0.211 e. The number of carbonyl (C=O) groups is 2. The van der Waals surface area contributed by atoms with Gasteiger partial charge in [-0.05, 0) is 48.9 Å². The van der Waals surface area contributed by atoms with Crippen molar-refractivity contribution in [1.82, 2.24) is 5.32 Å². The Balaban J connectivity index is 1.96. The van der Waals surface area contributed by atoms with Crippen molar-refractivity contribution in [2.75, 3.05) is 12.3 Å². The van der Waals surface area contributed by atoms with Gasteiger partial charge in [-0.2, -0.15) is 0 Å². The molecule has 0 aromatic heterocycles. The zero-order valence-corrected chi connectivity index (χ0v) is 12.8. The summed E-state index contributed by atoms with van der Waals surface area (Å²) in [6.45, 7) is 0.167. The molecule has 1 aliphatic heterocycles. The van der Waals surface area contributed by atoms with Gasteiger partial charge in [-0.3, -0.25) is 9.59 Å². The highest BCUT2D eigenvalue weighted by Crippen LogP contribution is 2.34. The second-order valence-electron chi connectivity index (χ2n) is 5.98. The van der Waals surface area contributed by atoms with Crippen LogP contribution in [0.3, 0.4) is 0 Å².